The zero-order valence-electron chi connectivity index (χ0n) is 9.62. The van der Waals surface area contributed by atoms with E-state index in [1.165, 1.54) is 0 Å². The Morgan fingerprint density at radius 2 is 2.38 bits per heavy atom. The maximum absolute atomic E-state index is 10.8. The van der Waals surface area contributed by atoms with E-state index in [1.54, 1.807) is 11.3 Å². The largest absolute Gasteiger partial charge is 0.384 e. The summed E-state index contributed by atoms with van der Waals surface area (Å²) < 4.78 is 6.79. The molecule has 1 fully saturated rings. The molecule has 4 heteroatoms. The van der Waals surface area contributed by atoms with Crippen molar-refractivity contribution in [3.8, 4) is 0 Å². The second kappa shape index (κ2) is 4.41. The van der Waals surface area contributed by atoms with E-state index in [4.69, 9.17) is 4.74 Å². The Labute approximate surface area is 109 Å². The van der Waals surface area contributed by atoms with Crippen molar-refractivity contribution >= 4 is 27.3 Å². The Bertz CT molecular complexity index is 379. The number of hydrogen-bond acceptors (Lipinski definition) is 3. The topological polar surface area (TPSA) is 29.5 Å². The fourth-order valence-electron chi connectivity index (χ4n) is 2.27. The van der Waals surface area contributed by atoms with E-state index in [-0.39, 0.29) is 5.60 Å². The highest BCUT2D eigenvalue weighted by molar-refractivity contribution is 9.10. The summed E-state index contributed by atoms with van der Waals surface area (Å²) in [6.45, 7) is 4.82. The highest BCUT2D eigenvalue weighted by Gasteiger charge is 2.43. The summed E-state index contributed by atoms with van der Waals surface area (Å²) in [6.07, 6.45) is 2.29. The first kappa shape index (κ1) is 12.6. The van der Waals surface area contributed by atoms with E-state index >= 15 is 0 Å². The summed E-state index contributed by atoms with van der Waals surface area (Å²) in [5, 5.41) is 12.8. The van der Waals surface area contributed by atoms with Crippen LogP contribution >= 0.6 is 27.3 Å². The normalized spacial score (nSPS) is 35.2. The molecule has 1 aromatic heterocycles. The van der Waals surface area contributed by atoms with Crippen LogP contribution in [0.1, 0.15) is 38.0 Å². The van der Waals surface area contributed by atoms with E-state index in [0.717, 1.165) is 15.8 Å². The van der Waals surface area contributed by atoms with Crippen LogP contribution in [0.5, 0.6) is 0 Å². The van der Waals surface area contributed by atoms with Gasteiger partial charge < -0.3 is 9.84 Å². The van der Waals surface area contributed by atoms with Gasteiger partial charge in [0.1, 0.15) is 5.60 Å². The van der Waals surface area contributed by atoms with Gasteiger partial charge in [-0.3, -0.25) is 0 Å². The first-order valence-corrected chi connectivity index (χ1v) is 7.26. The van der Waals surface area contributed by atoms with Crippen molar-refractivity contribution in [1.29, 1.82) is 0 Å². The molecule has 0 radical (unpaired) electrons. The molecule has 0 aromatic carbocycles. The van der Waals surface area contributed by atoms with Gasteiger partial charge in [-0.15, -0.1) is 11.3 Å². The molecule has 0 bridgehead atoms. The number of hydrogen-bond donors (Lipinski definition) is 1. The Morgan fingerprint density at radius 3 is 2.94 bits per heavy atom. The van der Waals surface area contributed by atoms with Crippen molar-refractivity contribution in [1.82, 2.24) is 0 Å². The van der Waals surface area contributed by atoms with Crippen LogP contribution in [-0.4, -0.2) is 17.3 Å². The highest BCUT2D eigenvalue weighted by Crippen LogP contribution is 2.45. The van der Waals surface area contributed by atoms with Crippen LogP contribution in [0.15, 0.2) is 15.9 Å². The molecule has 16 heavy (non-hydrogen) atoms. The molecule has 1 aromatic rings. The van der Waals surface area contributed by atoms with Gasteiger partial charge in [0.2, 0.25) is 0 Å². The third kappa shape index (κ3) is 2.21. The van der Waals surface area contributed by atoms with E-state index in [2.05, 4.69) is 29.8 Å². The number of ether oxygens (including phenoxy) is 1. The van der Waals surface area contributed by atoms with Gasteiger partial charge >= 0.3 is 0 Å². The van der Waals surface area contributed by atoms with Crippen LogP contribution in [0.3, 0.4) is 0 Å². The summed E-state index contributed by atoms with van der Waals surface area (Å²) in [6, 6.07) is 2.00. The van der Waals surface area contributed by atoms with Gasteiger partial charge in [0.15, 0.2) is 0 Å². The van der Waals surface area contributed by atoms with Gasteiger partial charge in [-0.25, -0.2) is 0 Å². The summed E-state index contributed by atoms with van der Waals surface area (Å²) >= 11 is 5.12. The number of thiophene rings is 1. The standard InChI is InChI=1S/C12H17BrO2S/c1-3-11(2)8-12(14,5-6-15-11)10-9(13)4-7-16-10/h4,7,14H,3,5-6,8H2,1-2H3. The molecule has 0 spiro atoms. The first-order chi connectivity index (χ1) is 7.49. The first-order valence-electron chi connectivity index (χ1n) is 5.59. The van der Waals surface area contributed by atoms with E-state index in [0.29, 0.717) is 19.4 Å². The number of aliphatic hydroxyl groups is 1. The molecule has 2 atom stereocenters. The average Bonchev–Trinajstić information content (AvgIpc) is 2.65. The minimum atomic E-state index is -0.726. The number of rotatable bonds is 2. The smallest absolute Gasteiger partial charge is 0.105 e. The van der Waals surface area contributed by atoms with Crippen molar-refractivity contribution < 1.29 is 9.84 Å². The minimum Gasteiger partial charge on any atom is -0.384 e. The molecule has 1 aliphatic heterocycles. The number of halogens is 1. The Kier molecular flexibility index (Phi) is 3.46. The maximum atomic E-state index is 10.8. The quantitative estimate of drug-likeness (QED) is 0.903. The molecule has 1 aliphatic rings. The molecule has 2 heterocycles. The summed E-state index contributed by atoms with van der Waals surface area (Å²) in [5.41, 5.74) is -0.924. The minimum absolute atomic E-state index is 0.198. The average molecular weight is 305 g/mol. The van der Waals surface area contributed by atoms with Crippen LogP contribution in [0.4, 0.5) is 0 Å². The molecule has 2 rings (SSSR count). The van der Waals surface area contributed by atoms with Crippen molar-refractivity contribution in [2.45, 2.75) is 44.3 Å². The SMILES string of the molecule is CCC1(C)CC(O)(c2sccc2Br)CCO1. The second-order valence-corrected chi connectivity index (χ2v) is 6.48. The summed E-state index contributed by atoms with van der Waals surface area (Å²) in [7, 11) is 0. The van der Waals surface area contributed by atoms with E-state index in [9.17, 15) is 5.11 Å². The van der Waals surface area contributed by atoms with Gasteiger partial charge in [0.05, 0.1) is 17.1 Å². The van der Waals surface area contributed by atoms with Crippen LogP contribution in [0.2, 0.25) is 0 Å². The highest BCUT2D eigenvalue weighted by atomic mass is 79.9. The maximum Gasteiger partial charge on any atom is 0.105 e. The van der Waals surface area contributed by atoms with Gasteiger partial charge in [0, 0.05) is 17.3 Å². The second-order valence-electron chi connectivity index (χ2n) is 4.71. The molecule has 2 nitrogen and oxygen atoms in total. The van der Waals surface area contributed by atoms with E-state index < -0.39 is 5.60 Å². The van der Waals surface area contributed by atoms with Gasteiger partial charge in [-0.05, 0) is 40.7 Å². The molecule has 1 N–H and O–H groups in total. The fourth-order valence-corrected chi connectivity index (χ4v) is 4.14. The predicted molar refractivity (Wildman–Crippen MR) is 69.8 cm³/mol. The Hall–Kier alpha value is 0.1000. The predicted octanol–water partition coefficient (Wildman–Crippen LogP) is 3.68. The Morgan fingerprint density at radius 1 is 1.62 bits per heavy atom. The molecule has 2 unspecified atom stereocenters. The third-order valence-electron chi connectivity index (χ3n) is 3.42. The fraction of sp³-hybridized carbons (Fsp3) is 0.667. The lowest BCUT2D eigenvalue weighted by Crippen LogP contribution is -2.45. The lowest BCUT2D eigenvalue weighted by molar-refractivity contribution is -0.156. The third-order valence-corrected chi connectivity index (χ3v) is 5.45. The zero-order chi connectivity index (χ0) is 11.8. The molecular weight excluding hydrogens is 288 g/mol. The Balaban J connectivity index is 2.29. The van der Waals surface area contributed by atoms with Gasteiger partial charge in [0.25, 0.3) is 0 Å². The summed E-state index contributed by atoms with van der Waals surface area (Å²) in [4.78, 5) is 1.04. The van der Waals surface area contributed by atoms with Crippen molar-refractivity contribution in [3.05, 3.63) is 20.8 Å². The van der Waals surface area contributed by atoms with Crippen molar-refractivity contribution in [2.24, 2.45) is 0 Å². The van der Waals surface area contributed by atoms with Crippen LogP contribution in [0, 0.1) is 0 Å². The van der Waals surface area contributed by atoms with Gasteiger partial charge in [-0.1, -0.05) is 6.92 Å². The van der Waals surface area contributed by atoms with E-state index in [1.807, 2.05) is 11.4 Å². The molecule has 0 aliphatic carbocycles. The van der Waals surface area contributed by atoms with Crippen molar-refractivity contribution in [2.75, 3.05) is 6.61 Å². The molecule has 1 saturated heterocycles. The molecule has 0 saturated carbocycles. The van der Waals surface area contributed by atoms with Crippen LogP contribution in [0.25, 0.3) is 0 Å². The van der Waals surface area contributed by atoms with Crippen LogP contribution < -0.4 is 0 Å². The molecule has 0 amide bonds. The zero-order valence-corrected chi connectivity index (χ0v) is 12.0. The van der Waals surface area contributed by atoms with Gasteiger partial charge in [-0.2, -0.15) is 0 Å². The monoisotopic (exact) mass is 304 g/mol. The van der Waals surface area contributed by atoms with Crippen molar-refractivity contribution in [3.63, 3.8) is 0 Å². The lowest BCUT2D eigenvalue weighted by Gasteiger charge is -2.42. The summed E-state index contributed by atoms with van der Waals surface area (Å²) in [5.74, 6) is 0. The lowest BCUT2D eigenvalue weighted by atomic mass is 9.81. The van der Waals surface area contributed by atoms with Crippen LogP contribution in [-0.2, 0) is 10.3 Å². The molecule has 90 valence electrons. The molecular formula is C12H17BrO2S.